The van der Waals surface area contributed by atoms with E-state index in [0.29, 0.717) is 11.3 Å². The topological polar surface area (TPSA) is 68.1 Å². The van der Waals surface area contributed by atoms with E-state index in [4.69, 9.17) is 4.74 Å². The first kappa shape index (κ1) is 11.4. The van der Waals surface area contributed by atoms with Gasteiger partial charge in [0, 0.05) is 29.4 Å². The van der Waals surface area contributed by atoms with Crippen LogP contribution in [0.1, 0.15) is 0 Å². The van der Waals surface area contributed by atoms with Crippen molar-refractivity contribution in [1.82, 2.24) is 15.0 Å². The quantitative estimate of drug-likeness (QED) is 0.759. The number of benzene rings is 1. The molecule has 0 saturated heterocycles. The number of rotatable bonds is 2. The average Bonchev–Trinajstić information content (AvgIpc) is 2.46. The van der Waals surface area contributed by atoms with Gasteiger partial charge in [-0.15, -0.1) is 0 Å². The van der Waals surface area contributed by atoms with E-state index in [9.17, 15) is 5.11 Å². The second-order valence-electron chi connectivity index (χ2n) is 4.00. The van der Waals surface area contributed by atoms with E-state index in [1.165, 1.54) is 13.4 Å². The van der Waals surface area contributed by atoms with Crippen LogP contribution >= 0.6 is 0 Å². The van der Waals surface area contributed by atoms with Crippen molar-refractivity contribution in [3.05, 3.63) is 43.0 Å². The van der Waals surface area contributed by atoms with Gasteiger partial charge in [-0.05, 0) is 18.2 Å². The van der Waals surface area contributed by atoms with Crippen LogP contribution < -0.4 is 4.74 Å². The van der Waals surface area contributed by atoms with Crippen molar-refractivity contribution < 1.29 is 9.84 Å². The molecule has 0 aliphatic heterocycles. The van der Waals surface area contributed by atoms with E-state index < -0.39 is 0 Å². The van der Waals surface area contributed by atoms with Crippen LogP contribution in [0.5, 0.6) is 11.5 Å². The molecule has 3 rings (SSSR count). The number of fused-ring (bicyclic) bond motifs is 1. The van der Waals surface area contributed by atoms with Gasteiger partial charge in [-0.3, -0.25) is 4.98 Å². The fourth-order valence-corrected chi connectivity index (χ4v) is 1.98. The number of phenolic OH excluding ortho intramolecular Hbond substituents is 1. The number of methoxy groups -OCH3 is 1. The molecule has 0 amide bonds. The van der Waals surface area contributed by atoms with Gasteiger partial charge in [-0.2, -0.15) is 0 Å². The summed E-state index contributed by atoms with van der Waals surface area (Å²) in [4.78, 5) is 12.5. The largest absolute Gasteiger partial charge is 0.504 e. The van der Waals surface area contributed by atoms with Crippen molar-refractivity contribution in [2.45, 2.75) is 0 Å². The number of pyridine rings is 1. The molecule has 5 nitrogen and oxygen atoms in total. The minimum absolute atomic E-state index is 0.0642. The lowest BCUT2D eigenvalue weighted by molar-refractivity contribution is 0.374. The first-order valence-electron chi connectivity index (χ1n) is 5.71. The fraction of sp³-hybridized carbons (Fsp3) is 0.0714. The Balaban J connectivity index is 2.31. The Hall–Kier alpha value is -2.69. The SMILES string of the molecule is COc1cc2c(-c3ccncc3)ncnc2cc1O. The van der Waals surface area contributed by atoms with Gasteiger partial charge in [0.05, 0.1) is 18.3 Å². The highest BCUT2D eigenvalue weighted by Gasteiger charge is 2.10. The normalized spacial score (nSPS) is 10.6. The van der Waals surface area contributed by atoms with E-state index >= 15 is 0 Å². The Labute approximate surface area is 109 Å². The molecule has 1 aromatic carbocycles. The third-order valence-corrected chi connectivity index (χ3v) is 2.89. The summed E-state index contributed by atoms with van der Waals surface area (Å²) in [6, 6.07) is 7.06. The zero-order valence-electron chi connectivity index (χ0n) is 10.2. The molecule has 0 saturated carbocycles. The number of nitrogens with zero attached hydrogens (tertiary/aromatic N) is 3. The maximum absolute atomic E-state index is 9.77. The molecule has 0 radical (unpaired) electrons. The molecule has 2 aromatic heterocycles. The summed E-state index contributed by atoms with van der Waals surface area (Å²) in [5.41, 5.74) is 2.39. The van der Waals surface area contributed by atoms with Crippen LogP contribution in [0.25, 0.3) is 22.2 Å². The standard InChI is InChI=1S/C14H11N3O2/c1-19-13-6-10-11(7-12(13)18)16-8-17-14(10)9-2-4-15-5-3-9/h2-8,18H,1H3. The van der Waals surface area contributed by atoms with Crippen molar-refractivity contribution in [1.29, 1.82) is 0 Å². The summed E-state index contributed by atoms with van der Waals surface area (Å²) in [7, 11) is 1.51. The number of hydrogen-bond acceptors (Lipinski definition) is 5. The van der Waals surface area contributed by atoms with Crippen molar-refractivity contribution >= 4 is 10.9 Å². The van der Waals surface area contributed by atoms with Crippen molar-refractivity contribution in [2.75, 3.05) is 7.11 Å². The monoisotopic (exact) mass is 253 g/mol. The minimum atomic E-state index is 0.0642. The third kappa shape index (κ3) is 1.95. The van der Waals surface area contributed by atoms with Gasteiger partial charge in [-0.25, -0.2) is 9.97 Å². The smallest absolute Gasteiger partial charge is 0.161 e. The van der Waals surface area contributed by atoms with Gasteiger partial charge in [0.25, 0.3) is 0 Å². The highest BCUT2D eigenvalue weighted by atomic mass is 16.5. The van der Waals surface area contributed by atoms with Crippen LogP contribution in [0.3, 0.4) is 0 Å². The molecule has 0 bridgehead atoms. The van der Waals surface area contributed by atoms with Gasteiger partial charge in [-0.1, -0.05) is 0 Å². The molecule has 2 heterocycles. The van der Waals surface area contributed by atoms with E-state index in [0.717, 1.165) is 16.6 Å². The Bertz CT molecular complexity index is 729. The minimum Gasteiger partial charge on any atom is -0.504 e. The zero-order chi connectivity index (χ0) is 13.2. The Morgan fingerprint density at radius 1 is 1.11 bits per heavy atom. The summed E-state index contributed by atoms with van der Waals surface area (Å²) in [6.07, 6.45) is 4.89. The van der Waals surface area contributed by atoms with Crippen molar-refractivity contribution in [2.24, 2.45) is 0 Å². The molecule has 94 valence electrons. The lowest BCUT2D eigenvalue weighted by Crippen LogP contribution is -1.91. The predicted octanol–water partition coefficient (Wildman–Crippen LogP) is 2.41. The molecule has 0 atom stereocenters. The molecule has 0 unspecified atom stereocenters. The van der Waals surface area contributed by atoms with Gasteiger partial charge in [0.15, 0.2) is 11.5 Å². The maximum Gasteiger partial charge on any atom is 0.161 e. The third-order valence-electron chi connectivity index (χ3n) is 2.89. The van der Waals surface area contributed by atoms with Gasteiger partial charge in [0.1, 0.15) is 6.33 Å². The van der Waals surface area contributed by atoms with Gasteiger partial charge in [0.2, 0.25) is 0 Å². The summed E-state index contributed by atoms with van der Waals surface area (Å²) in [5, 5.41) is 10.6. The van der Waals surface area contributed by atoms with Crippen LogP contribution in [0.4, 0.5) is 0 Å². The molecule has 0 aliphatic carbocycles. The first-order chi connectivity index (χ1) is 9.29. The van der Waals surface area contributed by atoms with Crippen LogP contribution in [0.15, 0.2) is 43.0 Å². The molecule has 3 aromatic rings. The molecule has 1 N–H and O–H groups in total. The van der Waals surface area contributed by atoms with Crippen molar-refractivity contribution in [3.8, 4) is 22.8 Å². The van der Waals surface area contributed by atoms with Crippen molar-refractivity contribution in [3.63, 3.8) is 0 Å². The molecule has 0 spiro atoms. The number of hydrogen-bond donors (Lipinski definition) is 1. The Morgan fingerprint density at radius 3 is 2.63 bits per heavy atom. The van der Waals surface area contributed by atoms with Gasteiger partial charge < -0.3 is 9.84 Å². The summed E-state index contributed by atoms with van der Waals surface area (Å²) in [6.45, 7) is 0. The van der Waals surface area contributed by atoms with Crippen LogP contribution in [-0.2, 0) is 0 Å². The number of ether oxygens (including phenoxy) is 1. The lowest BCUT2D eigenvalue weighted by Gasteiger charge is -2.08. The molecule has 0 aliphatic rings. The summed E-state index contributed by atoms with van der Waals surface area (Å²) in [5.74, 6) is 0.465. The van der Waals surface area contributed by atoms with Crippen LogP contribution in [-0.4, -0.2) is 27.2 Å². The number of aromatic hydroxyl groups is 1. The molecular formula is C14H11N3O2. The van der Waals surface area contributed by atoms with E-state index in [2.05, 4.69) is 15.0 Å². The molecular weight excluding hydrogens is 242 g/mol. The maximum atomic E-state index is 9.77. The molecule has 0 fully saturated rings. The second kappa shape index (κ2) is 4.53. The number of phenols is 1. The Morgan fingerprint density at radius 2 is 1.89 bits per heavy atom. The summed E-state index contributed by atoms with van der Waals surface area (Å²) >= 11 is 0. The predicted molar refractivity (Wildman–Crippen MR) is 71.0 cm³/mol. The zero-order valence-corrected chi connectivity index (χ0v) is 10.2. The highest BCUT2D eigenvalue weighted by Crippen LogP contribution is 2.34. The van der Waals surface area contributed by atoms with E-state index in [-0.39, 0.29) is 5.75 Å². The van der Waals surface area contributed by atoms with Gasteiger partial charge >= 0.3 is 0 Å². The molecule has 19 heavy (non-hydrogen) atoms. The Kier molecular flexibility index (Phi) is 2.72. The average molecular weight is 253 g/mol. The summed E-state index contributed by atoms with van der Waals surface area (Å²) < 4.78 is 5.13. The first-order valence-corrected chi connectivity index (χ1v) is 5.71. The number of aromatic nitrogens is 3. The fourth-order valence-electron chi connectivity index (χ4n) is 1.98. The van der Waals surface area contributed by atoms with E-state index in [1.54, 1.807) is 24.5 Å². The van der Waals surface area contributed by atoms with E-state index in [1.807, 2.05) is 12.1 Å². The van der Waals surface area contributed by atoms with Crippen LogP contribution in [0.2, 0.25) is 0 Å². The molecule has 5 heteroatoms. The van der Waals surface area contributed by atoms with Crippen LogP contribution in [0, 0.1) is 0 Å². The lowest BCUT2D eigenvalue weighted by atomic mass is 10.1. The highest BCUT2D eigenvalue weighted by molar-refractivity contribution is 5.94. The second-order valence-corrected chi connectivity index (χ2v) is 4.00.